The maximum Gasteiger partial charge on any atom is 0.472 e. The van der Waals surface area contributed by atoms with Crippen LogP contribution in [0.3, 0.4) is 0 Å². The highest BCUT2D eigenvalue weighted by molar-refractivity contribution is 7.47. The molecule has 11 heteroatoms. The van der Waals surface area contributed by atoms with E-state index in [4.69, 9.17) is 29.4 Å². The first-order chi connectivity index (χ1) is 28.7. The molecule has 3 unspecified atom stereocenters. The van der Waals surface area contributed by atoms with Gasteiger partial charge in [-0.1, -0.05) is 205 Å². The first-order valence-electron chi connectivity index (χ1n) is 24.4. The lowest BCUT2D eigenvalue weighted by atomic mass is 10.0. The van der Waals surface area contributed by atoms with Crippen LogP contribution in [0.25, 0.3) is 0 Å². The van der Waals surface area contributed by atoms with Crippen LogP contribution < -0.4 is 5.73 Å². The van der Waals surface area contributed by atoms with Gasteiger partial charge in [0.1, 0.15) is 12.1 Å². The molecule has 0 aromatic heterocycles. The Morgan fingerprint density at radius 3 is 1.41 bits per heavy atom. The second-order valence-electron chi connectivity index (χ2n) is 16.6. The van der Waals surface area contributed by atoms with Gasteiger partial charge in [0, 0.05) is 13.0 Å². The monoisotopic (exact) mass is 858 g/mol. The Labute approximate surface area is 362 Å². The Morgan fingerprint density at radius 1 is 0.542 bits per heavy atom. The van der Waals surface area contributed by atoms with Crippen LogP contribution in [0.2, 0.25) is 0 Å². The third-order valence-corrected chi connectivity index (χ3v) is 11.7. The van der Waals surface area contributed by atoms with Crippen molar-refractivity contribution in [1.82, 2.24) is 0 Å². The molecule has 59 heavy (non-hydrogen) atoms. The lowest BCUT2D eigenvalue weighted by molar-refractivity contribution is -0.154. The Morgan fingerprint density at radius 2 is 0.932 bits per heavy atom. The topological polar surface area (TPSA) is 155 Å². The van der Waals surface area contributed by atoms with E-state index in [-0.39, 0.29) is 13.0 Å². The van der Waals surface area contributed by atoms with Gasteiger partial charge in [-0.2, -0.15) is 0 Å². The van der Waals surface area contributed by atoms with Gasteiger partial charge < -0.3 is 25.2 Å². The predicted molar refractivity (Wildman–Crippen MR) is 245 cm³/mol. The zero-order chi connectivity index (χ0) is 43.3. The quantitative estimate of drug-likeness (QED) is 0.0233. The number of rotatable bonds is 47. The second kappa shape index (κ2) is 44.5. The number of allylic oxidation sites excluding steroid dienone is 4. The molecule has 10 nitrogen and oxygen atoms in total. The molecule has 0 aliphatic carbocycles. The summed E-state index contributed by atoms with van der Waals surface area (Å²) in [5.41, 5.74) is 5.37. The van der Waals surface area contributed by atoms with Crippen molar-refractivity contribution in [3.63, 3.8) is 0 Å². The van der Waals surface area contributed by atoms with E-state index < -0.39 is 45.1 Å². The number of carbonyl (C=O) groups excluding carboxylic acids is 1. The molecule has 0 rings (SSSR count). The van der Waals surface area contributed by atoms with E-state index in [2.05, 4.69) is 38.2 Å². The molecule has 348 valence electrons. The first kappa shape index (κ1) is 57.4. The second-order valence-corrected chi connectivity index (χ2v) is 18.1. The molecule has 0 aromatic carbocycles. The molecule has 0 bridgehead atoms. The minimum atomic E-state index is -4.62. The van der Waals surface area contributed by atoms with Crippen LogP contribution in [0.4, 0.5) is 0 Å². The molecule has 0 saturated carbocycles. The number of hydrogen-bond acceptors (Lipinski definition) is 8. The van der Waals surface area contributed by atoms with Crippen molar-refractivity contribution in [2.75, 3.05) is 26.4 Å². The fourth-order valence-corrected chi connectivity index (χ4v) is 7.71. The highest BCUT2D eigenvalue weighted by atomic mass is 31.2. The van der Waals surface area contributed by atoms with Crippen LogP contribution in [0.1, 0.15) is 232 Å². The molecular formula is C48H92NO9P. The normalized spacial score (nSPS) is 14.0. The SMILES string of the molecule is CCCCC/C=C\C/C=C\CCCCCCCCOCC(COP(=O)(O)OCC(N)C(=O)O)OC(=O)CCCCCCCCCCCCCCCCCCCCCCC. The van der Waals surface area contributed by atoms with E-state index in [0.29, 0.717) is 13.0 Å². The number of carboxylic acids is 1. The van der Waals surface area contributed by atoms with Crippen LogP contribution in [-0.2, 0) is 32.7 Å². The molecule has 4 N–H and O–H groups in total. The Hall–Kier alpha value is -1.55. The van der Waals surface area contributed by atoms with E-state index in [1.807, 2.05) is 0 Å². The highest BCUT2D eigenvalue weighted by Crippen LogP contribution is 2.43. The zero-order valence-electron chi connectivity index (χ0n) is 38.1. The number of aliphatic carboxylic acids is 1. The summed E-state index contributed by atoms with van der Waals surface area (Å²) in [6.07, 6.45) is 49.5. The van der Waals surface area contributed by atoms with Gasteiger partial charge in [-0.05, 0) is 44.9 Å². The molecule has 0 fully saturated rings. The minimum Gasteiger partial charge on any atom is -0.480 e. The third kappa shape index (κ3) is 44.3. The van der Waals surface area contributed by atoms with E-state index in [0.717, 1.165) is 44.9 Å². The lowest BCUT2D eigenvalue weighted by Crippen LogP contribution is -2.34. The van der Waals surface area contributed by atoms with Crippen molar-refractivity contribution in [2.24, 2.45) is 5.73 Å². The average molecular weight is 858 g/mol. The maximum absolute atomic E-state index is 12.7. The zero-order valence-corrected chi connectivity index (χ0v) is 39.0. The van der Waals surface area contributed by atoms with Gasteiger partial charge in [-0.25, -0.2) is 4.57 Å². The van der Waals surface area contributed by atoms with E-state index >= 15 is 0 Å². The van der Waals surface area contributed by atoms with Crippen LogP contribution in [-0.4, -0.2) is 60.5 Å². The number of phosphoric acid groups is 1. The van der Waals surface area contributed by atoms with Crippen LogP contribution >= 0.6 is 7.82 Å². The summed E-state index contributed by atoms with van der Waals surface area (Å²) >= 11 is 0. The summed E-state index contributed by atoms with van der Waals surface area (Å²) in [5, 5.41) is 8.91. The van der Waals surface area contributed by atoms with E-state index in [1.165, 1.54) is 161 Å². The highest BCUT2D eigenvalue weighted by Gasteiger charge is 2.27. The molecule has 0 aliphatic rings. The molecule has 0 heterocycles. The predicted octanol–water partition coefficient (Wildman–Crippen LogP) is 13.9. The molecular weight excluding hydrogens is 765 g/mol. The summed E-state index contributed by atoms with van der Waals surface area (Å²) in [4.78, 5) is 33.6. The van der Waals surface area contributed by atoms with Crippen molar-refractivity contribution >= 4 is 19.8 Å². The Balaban J connectivity index is 4.14. The van der Waals surface area contributed by atoms with Crippen molar-refractivity contribution < 1.29 is 42.7 Å². The largest absolute Gasteiger partial charge is 0.480 e. The molecule has 0 saturated heterocycles. The van der Waals surface area contributed by atoms with Crippen molar-refractivity contribution in [2.45, 2.75) is 244 Å². The number of phosphoric ester groups is 1. The van der Waals surface area contributed by atoms with E-state index in [1.54, 1.807) is 0 Å². The third-order valence-electron chi connectivity index (χ3n) is 10.7. The molecule has 0 radical (unpaired) electrons. The number of carboxylic acid groups (broad SMARTS) is 1. The fraction of sp³-hybridized carbons (Fsp3) is 0.875. The maximum atomic E-state index is 12.7. The molecule has 0 spiro atoms. The minimum absolute atomic E-state index is 0.0138. The summed E-state index contributed by atoms with van der Waals surface area (Å²) in [7, 11) is -4.62. The van der Waals surface area contributed by atoms with E-state index in [9.17, 15) is 19.0 Å². The van der Waals surface area contributed by atoms with Crippen LogP contribution in [0.15, 0.2) is 24.3 Å². The van der Waals surface area contributed by atoms with Gasteiger partial charge >= 0.3 is 19.8 Å². The van der Waals surface area contributed by atoms with Crippen molar-refractivity contribution in [3.05, 3.63) is 24.3 Å². The van der Waals surface area contributed by atoms with Crippen LogP contribution in [0.5, 0.6) is 0 Å². The van der Waals surface area contributed by atoms with Gasteiger partial charge in [0.25, 0.3) is 0 Å². The van der Waals surface area contributed by atoms with Gasteiger partial charge in [-0.15, -0.1) is 0 Å². The fourth-order valence-electron chi connectivity index (χ4n) is 6.93. The molecule has 0 aliphatic heterocycles. The number of unbranched alkanes of at least 4 members (excludes halogenated alkanes) is 29. The molecule has 0 amide bonds. The van der Waals surface area contributed by atoms with Gasteiger partial charge in [-0.3, -0.25) is 18.6 Å². The summed E-state index contributed by atoms with van der Waals surface area (Å²) in [6, 6.07) is -1.47. The van der Waals surface area contributed by atoms with Gasteiger partial charge in [0.05, 0.1) is 19.8 Å². The first-order valence-corrected chi connectivity index (χ1v) is 25.9. The number of carbonyl (C=O) groups is 2. The van der Waals surface area contributed by atoms with Gasteiger partial charge in [0.15, 0.2) is 0 Å². The average Bonchev–Trinajstić information content (AvgIpc) is 3.21. The molecule has 3 atom stereocenters. The van der Waals surface area contributed by atoms with Gasteiger partial charge in [0.2, 0.25) is 0 Å². The van der Waals surface area contributed by atoms with Crippen molar-refractivity contribution in [1.29, 1.82) is 0 Å². The summed E-state index contributed by atoms with van der Waals surface area (Å²) in [5.74, 6) is -1.77. The number of ether oxygens (including phenoxy) is 2. The number of hydrogen-bond donors (Lipinski definition) is 3. The smallest absolute Gasteiger partial charge is 0.472 e. The summed E-state index contributed by atoms with van der Waals surface area (Å²) < 4.78 is 33.4. The van der Waals surface area contributed by atoms with Crippen LogP contribution in [0, 0.1) is 0 Å². The van der Waals surface area contributed by atoms with Crippen molar-refractivity contribution in [3.8, 4) is 0 Å². The standard InChI is InChI=1S/C48H92NO9P/c1-3-5-7-9-11-13-15-17-19-21-22-23-24-25-26-28-30-32-34-36-38-40-47(50)58-45(43-56-59(53,54)57-44-46(49)48(51)52)42-55-41-39-37-35-33-31-29-27-20-18-16-14-12-10-8-6-4-2/h12,14,18,20,45-46H,3-11,13,15-17,19,21-44,49H2,1-2H3,(H,51,52)(H,53,54)/b14-12-,20-18-. The number of nitrogens with two attached hydrogens (primary N) is 1. The molecule has 0 aromatic rings. The Bertz CT molecular complexity index is 1040. The number of esters is 1. The summed E-state index contributed by atoms with van der Waals surface area (Å²) in [6.45, 7) is 3.87. The lowest BCUT2D eigenvalue weighted by Gasteiger charge is -2.20. The Kier molecular flexibility index (Phi) is 43.3.